The van der Waals surface area contributed by atoms with Crippen LogP contribution >= 0.6 is 11.3 Å². The van der Waals surface area contributed by atoms with Crippen LogP contribution in [-0.4, -0.2) is 6.54 Å². The minimum Gasteiger partial charge on any atom is -0.308 e. The third-order valence-electron chi connectivity index (χ3n) is 3.77. The van der Waals surface area contributed by atoms with Gasteiger partial charge in [0.25, 0.3) is 0 Å². The van der Waals surface area contributed by atoms with Gasteiger partial charge in [-0.2, -0.15) is 0 Å². The van der Waals surface area contributed by atoms with Crippen molar-refractivity contribution in [3.8, 4) is 0 Å². The van der Waals surface area contributed by atoms with Crippen LogP contribution in [0.4, 0.5) is 0 Å². The van der Waals surface area contributed by atoms with Gasteiger partial charge in [0.05, 0.1) is 0 Å². The van der Waals surface area contributed by atoms with Crippen molar-refractivity contribution in [1.29, 1.82) is 0 Å². The number of thiophene rings is 1. The topological polar surface area (TPSA) is 12.0 Å². The summed E-state index contributed by atoms with van der Waals surface area (Å²) in [6, 6.07) is 4.92. The maximum absolute atomic E-state index is 3.80. The minimum atomic E-state index is 0.402. The summed E-state index contributed by atoms with van der Waals surface area (Å²) in [4.78, 5) is 1.47. The summed E-state index contributed by atoms with van der Waals surface area (Å²) < 4.78 is 0. The maximum Gasteiger partial charge on any atom is 0.0438 e. The predicted octanol–water partition coefficient (Wildman–Crippen LogP) is 5.64. The van der Waals surface area contributed by atoms with E-state index < -0.39 is 0 Å². The largest absolute Gasteiger partial charge is 0.308 e. The Morgan fingerprint density at radius 1 is 1.26 bits per heavy atom. The van der Waals surface area contributed by atoms with Gasteiger partial charge in [-0.1, -0.05) is 59.9 Å². The van der Waals surface area contributed by atoms with Crippen LogP contribution in [0.25, 0.3) is 0 Å². The first-order valence-electron chi connectivity index (χ1n) is 7.73. The average Bonchev–Trinajstić information content (AvgIpc) is 2.82. The third kappa shape index (κ3) is 6.09. The smallest absolute Gasteiger partial charge is 0.0438 e. The van der Waals surface area contributed by atoms with Crippen LogP contribution in [-0.2, 0) is 0 Å². The van der Waals surface area contributed by atoms with Crippen molar-refractivity contribution in [1.82, 2.24) is 5.32 Å². The van der Waals surface area contributed by atoms with Crippen LogP contribution in [0.1, 0.15) is 71.2 Å². The number of nitrogens with one attached hydrogen (secondary N) is 1. The Morgan fingerprint density at radius 3 is 2.53 bits per heavy atom. The van der Waals surface area contributed by atoms with Crippen LogP contribution in [0.15, 0.2) is 17.5 Å². The molecule has 0 radical (unpaired) electrons. The van der Waals surface area contributed by atoms with Crippen molar-refractivity contribution in [3.05, 3.63) is 22.4 Å². The highest BCUT2D eigenvalue weighted by Gasteiger charge is 2.22. The quantitative estimate of drug-likeness (QED) is 0.577. The molecule has 1 nitrogen and oxygen atoms in total. The summed E-state index contributed by atoms with van der Waals surface area (Å²) in [5.41, 5.74) is 0.402. The van der Waals surface area contributed by atoms with Crippen molar-refractivity contribution < 1.29 is 0 Å². The van der Waals surface area contributed by atoms with Crippen LogP contribution in [0, 0.1) is 11.3 Å². The van der Waals surface area contributed by atoms with E-state index in [2.05, 4.69) is 57.4 Å². The van der Waals surface area contributed by atoms with Crippen LogP contribution in [0.5, 0.6) is 0 Å². The zero-order valence-corrected chi connectivity index (χ0v) is 14.1. The highest BCUT2D eigenvalue weighted by atomic mass is 32.1. The molecule has 1 N–H and O–H groups in total. The highest BCUT2D eigenvalue weighted by molar-refractivity contribution is 7.10. The van der Waals surface area contributed by atoms with Crippen molar-refractivity contribution in [2.24, 2.45) is 11.3 Å². The molecule has 110 valence electrons. The fraction of sp³-hybridized carbons (Fsp3) is 0.765. The molecule has 0 saturated heterocycles. The Kier molecular flexibility index (Phi) is 7.09. The molecule has 0 aromatic carbocycles. The average molecular weight is 282 g/mol. The molecule has 0 aliphatic rings. The van der Waals surface area contributed by atoms with Gasteiger partial charge in [0, 0.05) is 17.5 Å². The number of hydrogen-bond acceptors (Lipinski definition) is 2. The Morgan fingerprint density at radius 2 is 2.00 bits per heavy atom. The van der Waals surface area contributed by atoms with E-state index in [0.717, 1.165) is 6.54 Å². The molecule has 19 heavy (non-hydrogen) atoms. The summed E-state index contributed by atoms with van der Waals surface area (Å²) in [6.45, 7) is 12.8. The molecule has 1 rings (SSSR count). The Hall–Kier alpha value is -0.340. The summed E-state index contributed by atoms with van der Waals surface area (Å²) in [7, 11) is 0. The minimum absolute atomic E-state index is 0.402. The van der Waals surface area contributed by atoms with Gasteiger partial charge >= 0.3 is 0 Å². The second-order valence-electron chi connectivity index (χ2n) is 6.74. The van der Waals surface area contributed by atoms with Gasteiger partial charge in [-0.25, -0.2) is 0 Å². The molecule has 1 atom stereocenters. The van der Waals surface area contributed by atoms with Crippen molar-refractivity contribution >= 4 is 11.3 Å². The van der Waals surface area contributed by atoms with Crippen molar-refractivity contribution in [2.45, 2.75) is 66.3 Å². The molecule has 0 aliphatic carbocycles. The monoisotopic (exact) mass is 281 g/mol. The lowest BCUT2D eigenvalue weighted by Crippen LogP contribution is -2.34. The first-order valence-corrected chi connectivity index (χ1v) is 8.61. The molecule has 0 amide bonds. The van der Waals surface area contributed by atoms with E-state index in [1.54, 1.807) is 0 Å². The first-order chi connectivity index (χ1) is 8.96. The molecular weight excluding hydrogens is 250 g/mol. The van der Waals surface area contributed by atoms with Gasteiger partial charge in [0.15, 0.2) is 0 Å². The summed E-state index contributed by atoms with van der Waals surface area (Å²) in [6.07, 6.45) is 5.36. The van der Waals surface area contributed by atoms with E-state index >= 15 is 0 Å². The molecule has 0 bridgehead atoms. The number of unbranched alkanes of at least 4 members (excludes halogenated alkanes) is 2. The molecule has 1 heterocycles. The lowest BCUT2D eigenvalue weighted by Gasteiger charge is -2.30. The lowest BCUT2D eigenvalue weighted by atomic mass is 9.86. The van der Waals surface area contributed by atoms with Gasteiger partial charge in [0.1, 0.15) is 0 Å². The predicted molar refractivity (Wildman–Crippen MR) is 87.8 cm³/mol. The van der Waals surface area contributed by atoms with E-state index in [1.165, 1.54) is 30.6 Å². The molecule has 0 fully saturated rings. The van der Waals surface area contributed by atoms with Crippen molar-refractivity contribution in [2.75, 3.05) is 6.54 Å². The lowest BCUT2D eigenvalue weighted by molar-refractivity contribution is 0.271. The van der Waals surface area contributed by atoms with Gasteiger partial charge in [-0.15, -0.1) is 11.3 Å². The standard InChI is InChI=1S/C17H31NS/c1-6-7-8-11-17(4,5)13-18-16(14(2)3)15-10-9-12-19-15/h9-10,12,14,16,18H,6-8,11,13H2,1-5H3. The second-order valence-corrected chi connectivity index (χ2v) is 7.72. The van der Waals surface area contributed by atoms with Crippen LogP contribution in [0.3, 0.4) is 0 Å². The molecular formula is C17H31NS. The molecule has 1 aromatic heterocycles. The van der Waals surface area contributed by atoms with Gasteiger partial charge in [0.2, 0.25) is 0 Å². The van der Waals surface area contributed by atoms with E-state index in [0.29, 0.717) is 17.4 Å². The van der Waals surface area contributed by atoms with Gasteiger partial charge < -0.3 is 5.32 Å². The summed E-state index contributed by atoms with van der Waals surface area (Å²) in [5.74, 6) is 0.644. The zero-order valence-electron chi connectivity index (χ0n) is 13.3. The Bertz CT molecular complexity index is 327. The Balaban J connectivity index is 2.47. The van der Waals surface area contributed by atoms with Gasteiger partial charge in [-0.3, -0.25) is 0 Å². The van der Waals surface area contributed by atoms with Gasteiger partial charge in [-0.05, 0) is 29.2 Å². The molecule has 0 aliphatic heterocycles. The van der Waals surface area contributed by atoms with Crippen molar-refractivity contribution in [3.63, 3.8) is 0 Å². The van der Waals surface area contributed by atoms with Crippen LogP contribution in [0.2, 0.25) is 0 Å². The number of hydrogen-bond donors (Lipinski definition) is 1. The summed E-state index contributed by atoms with van der Waals surface area (Å²) >= 11 is 1.87. The van der Waals surface area contributed by atoms with E-state index in [9.17, 15) is 0 Å². The molecule has 1 aromatic rings. The van der Waals surface area contributed by atoms with E-state index in [4.69, 9.17) is 0 Å². The Labute approximate surface area is 123 Å². The fourth-order valence-electron chi connectivity index (χ4n) is 2.46. The molecule has 0 saturated carbocycles. The fourth-order valence-corrected chi connectivity index (χ4v) is 3.43. The first kappa shape index (κ1) is 16.7. The molecule has 0 spiro atoms. The normalized spacial score (nSPS) is 14.0. The van der Waals surface area contributed by atoms with E-state index in [1.807, 2.05) is 11.3 Å². The van der Waals surface area contributed by atoms with E-state index in [-0.39, 0.29) is 0 Å². The SMILES string of the molecule is CCCCCC(C)(C)CNC(c1cccs1)C(C)C. The second kappa shape index (κ2) is 8.06. The maximum atomic E-state index is 3.80. The zero-order chi connectivity index (χ0) is 14.3. The van der Waals surface area contributed by atoms with Crippen LogP contribution < -0.4 is 5.32 Å². The molecule has 1 unspecified atom stereocenters. The third-order valence-corrected chi connectivity index (χ3v) is 4.73. The number of rotatable bonds is 9. The highest BCUT2D eigenvalue weighted by Crippen LogP contribution is 2.29. The molecule has 2 heteroatoms. The summed E-state index contributed by atoms with van der Waals surface area (Å²) in [5, 5.41) is 5.98.